The number of carbonyl (C=O) groups is 1. The third-order valence-corrected chi connectivity index (χ3v) is 4.88. The molecule has 0 saturated carbocycles. The highest BCUT2D eigenvalue weighted by Gasteiger charge is 2.16. The van der Waals surface area contributed by atoms with E-state index in [1.54, 1.807) is 10.9 Å². The van der Waals surface area contributed by atoms with Crippen LogP contribution >= 0.6 is 11.6 Å². The standard InChI is InChI=1S/C22H19ClN4O/c1-15(19-11-5-8-17-7-2-3-10-20(17)19)24-22(28)21-14-27(26-25-21)13-16-6-4-9-18(23)12-16/h2-12,14-15H,13H2,1H3,(H,24,28)/t15-/m1/s1. The first-order valence-electron chi connectivity index (χ1n) is 9.03. The third kappa shape index (κ3) is 3.89. The maximum atomic E-state index is 12.6. The van der Waals surface area contributed by atoms with Crippen molar-refractivity contribution in [2.75, 3.05) is 0 Å². The number of halogens is 1. The summed E-state index contributed by atoms with van der Waals surface area (Å²) in [6.45, 7) is 2.47. The molecule has 0 unspecified atom stereocenters. The molecule has 0 saturated heterocycles. The van der Waals surface area contributed by atoms with Gasteiger partial charge in [-0.25, -0.2) is 4.68 Å². The second-order valence-corrected chi connectivity index (χ2v) is 7.13. The maximum absolute atomic E-state index is 12.6. The fraction of sp³-hybridized carbons (Fsp3) is 0.136. The van der Waals surface area contributed by atoms with Crippen molar-refractivity contribution in [1.82, 2.24) is 20.3 Å². The quantitative estimate of drug-likeness (QED) is 0.540. The van der Waals surface area contributed by atoms with E-state index in [0.29, 0.717) is 11.6 Å². The van der Waals surface area contributed by atoms with Crippen molar-refractivity contribution >= 4 is 28.3 Å². The Morgan fingerprint density at radius 1 is 1.11 bits per heavy atom. The normalized spacial score (nSPS) is 12.1. The number of amides is 1. The van der Waals surface area contributed by atoms with Crippen LogP contribution in [0.1, 0.15) is 34.6 Å². The third-order valence-electron chi connectivity index (χ3n) is 4.64. The molecular formula is C22H19ClN4O. The van der Waals surface area contributed by atoms with Crippen LogP contribution < -0.4 is 5.32 Å². The van der Waals surface area contributed by atoms with Crippen LogP contribution in [0.25, 0.3) is 10.8 Å². The molecule has 1 heterocycles. The molecule has 0 spiro atoms. The predicted molar refractivity (Wildman–Crippen MR) is 110 cm³/mol. The molecule has 4 aromatic rings. The number of hydrogen-bond donors (Lipinski definition) is 1. The Hall–Kier alpha value is -3.18. The number of fused-ring (bicyclic) bond motifs is 1. The lowest BCUT2D eigenvalue weighted by molar-refractivity contribution is 0.0935. The van der Waals surface area contributed by atoms with Gasteiger partial charge in [0.05, 0.1) is 18.8 Å². The lowest BCUT2D eigenvalue weighted by Gasteiger charge is -2.15. The highest BCUT2D eigenvalue weighted by atomic mass is 35.5. The maximum Gasteiger partial charge on any atom is 0.273 e. The smallest absolute Gasteiger partial charge is 0.273 e. The average Bonchev–Trinajstić information content (AvgIpc) is 3.16. The van der Waals surface area contributed by atoms with Gasteiger partial charge in [-0.1, -0.05) is 71.4 Å². The lowest BCUT2D eigenvalue weighted by atomic mass is 9.99. The zero-order chi connectivity index (χ0) is 19.5. The fourth-order valence-corrected chi connectivity index (χ4v) is 3.49. The molecule has 140 valence electrons. The molecule has 0 aliphatic heterocycles. The average molecular weight is 391 g/mol. The zero-order valence-corrected chi connectivity index (χ0v) is 16.1. The van der Waals surface area contributed by atoms with Gasteiger partial charge in [0, 0.05) is 5.02 Å². The number of carbonyl (C=O) groups excluding carboxylic acids is 1. The molecule has 3 aromatic carbocycles. The van der Waals surface area contributed by atoms with Crippen LogP contribution in [0.4, 0.5) is 0 Å². The number of hydrogen-bond acceptors (Lipinski definition) is 3. The van der Waals surface area contributed by atoms with Gasteiger partial charge in [-0.2, -0.15) is 0 Å². The summed E-state index contributed by atoms with van der Waals surface area (Å²) in [5.41, 5.74) is 2.35. The predicted octanol–water partition coefficient (Wildman–Crippen LogP) is 4.62. The molecule has 1 N–H and O–H groups in total. The Morgan fingerprint density at radius 2 is 1.89 bits per heavy atom. The summed E-state index contributed by atoms with van der Waals surface area (Å²) in [5, 5.41) is 14.0. The van der Waals surface area contributed by atoms with E-state index in [1.807, 2.05) is 55.5 Å². The molecule has 0 fully saturated rings. The zero-order valence-electron chi connectivity index (χ0n) is 15.3. The molecular weight excluding hydrogens is 372 g/mol. The molecule has 4 rings (SSSR count). The summed E-state index contributed by atoms with van der Waals surface area (Å²) in [4.78, 5) is 12.6. The van der Waals surface area contributed by atoms with E-state index in [9.17, 15) is 4.79 Å². The molecule has 1 aromatic heterocycles. The molecule has 0 aliphatic carbocycles. The van der Waals surface area contributed by atoms with E-state index < -0.39 is 0 Å². The van der Waals surface area contributed by atoms with Crippen molar-refractivity contribution in [2.24, 2.45) is 0 Å². The Balaban J connectivity index is 1.48. The number of rotatable bonds is 5. The highest BCUT2D eigenvalue weighted by Crippen LogP contribution is 2.24. The van der Waals surface area contributed by atoms with Gasteiger partial charge in [0.15, 0.2) is 5.69 Å². The van der Waals surface area contributed by atoms with Gasteiger partial charge in [-0.15, -0.1) is 5.10 Å². The van der Waals surface area contributed by atoms with Gasteiger partial charge in [-0.3, -0.25) is 4.79 Å². The van der Waals surface area contributed by atoms with Crippen LogP contribution in [0.2, 0.25) is 5.02 Å². The van der Waals surface area contributed by atoms with Crippen molar-refractivity contribution < 1.29 is 4.79 Å². The minimum Gasteiger partial charge on any atom is -0.344 e. The number of benzene rings is 3. The molecule has 1 atom stereocenters. The molecule has 0 bridgehead atoms. The molecule has 1 amide bonds. The van der Waals surface area contributed by atoms with E-state index in [-0.39, 0.29) is 17.6 Å². The summed E-state index contributed by atoms with van der Waals surface area (Å²) in [7, 11) is 0. The van der Waals surface area contributed by atoms with Gasteiger partial charge in [0.1, 0.15) is 0 Å². The Morgan fingerprint density at radius 3 is 2.75 bits per heavy atom. The Bertz CT molecular complexity index is 1130. The second-order valence-electron chi connectivity index (χ2n) is 6.69. The first-order chi connectivity index (χ1) is 13.6. The van der Waals surface area contributed by atoms with Crippen molar-refractivity contribution in [2.45, 2.75) is 19.5 Å². The van der Waals surface area contributed by atoms with Gasteiger partial charge < -0.3 is 5.32 Å². The first-order valence-corrected chi connectivity index (χ1v) is 9.41. The van der Waals surface area contributed by atoms with Gasteiger partial charge >= 0.3 is 0 Å². The van der Waals surface area contributed by atoms with Crippen LogP contribution in [-0.4, -0.2) is 20.9 Å². The van der Waals surface area contributed by atoms with Crippen molar-refractivity contribution in [3.8, 4) is 0 Å². The van der Waals surface area contributed by atoms with E-state index in [1.165, 1.54) is 0 Å². The van der Waals surface area contributed by atoms with Crippen LogP contribution in [0, 0.1) is 0 Å². The Kier molecular flexibility index (Phi) is 5.08. The van der Waals surface area contributed by atoms with Crippen LogP contribution in [0.5, 0.6) is 0 Å². The molecule has 5 nitrogen and oxygen atoms in total. The van der Waals surface area contributed by atoms with E-state index >= 15 is 0 Å². The summed E-state index contributed by atoms with van der Waals surface area (Å²) >= 11 is 6.01. The Labute approximate surface area is 167 Å². The van der Waals surface area contributed by atoms with Gasteiger partial charge in [0.2, 0.25) is 0 Å². The summed E-state index contributed by atoms with van der Waals surface area (Å²) in [5.74, 6) is -0.252. The van der Waals surface area contributed by atoms with Crippen molar-refractivity contribution in [1.29, 1.82) is 0 Å². The molecule has 0 aliphatic rings. The van der Waals surface area contributed by atoms with Gasteiger partial charge in [-0.05, 0) is 41.0 Å². The lowest BCUT2D eigenvalue weighted by Crippen LogP contribution is -2.27. The van der Waals surface area contributed by atoms with Crippen molar-refractivity contribution in [3.63, 3.8) is 0 Å². The second kappa shape index (κ2) is 7.82. The van der Waals surface area contributed by atoms with Crippen LogP contribution in [-0.2, 0) is 6.54 Å². The highest BCUT2D eigenvalue weighted by molar-refractivity contribution is 6.30. The van der Waals surface area contributed by atoms with E-state index in [0.717, 1.165) is 21.9 Å². The number of nitrogens with zero attached hydrogens (tertiary/aromatic N) is 3. The van der Waals surface area contributed by atoms with Crippen molar-refractivity contribution in [3.05, 3.63) is 94.8 Å². The SMILES string of the molecule is C[C@@H](NC(=O)c1cn(Cc2cccc(Cl)c2)nn1)c1cccc2ccccc12. The minimum atomic E-state index is -0.252. The largest absolute Gasteiger partial charge is 0.344 e. The number of aromatic nitrogens is 3. The summed E-state index contributed by atoms with van der Waals surface area (Å²) in [6.07, 6.45) is 1.64. The number of nitrogens with one attached hydrogen (secondary N) is 1. The fourth-order valence-electron chi connectivity index (χ4n) is 3.28. The molecule has 6 heteroatoms. The summed E-state index contributed by atoms with van der Waals surface area (Å²) < 4.78 is 1.63. The van der Waals surface area contributed by atoms with E-state index in [2.05, 4.69) is 33.8 Å². The monoisotopic (exact) mass is 390 g/mol. The summed E-state index contributed by atoms with van der Waals surface area (Å²) in [6, 6.07) is 21.6. The van der Waals surface area contributed by atoms with Gasteiger partial charge in [0.25, 0.3) is 5.91 Å². The van der Waals surface area contributed by atoms with E-state index in [4.69, 9.17) is 11.6 Å². The minimum absolute atomic E-state index is 0.156. The molecule has 0 radical (unpaired) electrons. The van der Waals surface area contributed by atoms with Crippen LogP contribution in [0.3, 0.4) is 0 Å². The van der Waals surface area contributed by atoms with Crippen LogP contribution in [0.15, 0.2) is 72.9 Å². The first kappa shape index (κ1) is 18.2. The molecule has 28 heavy (non-hydrogen) atoms. The topological polar surface area (TPSA) is 59.8 Å².